The summed E-state index contributed by atoms with van der Waals surface area (Å²) in [6.45, 7) is 7.76. The van der Waals surface area contributed by atoms with Crippen molar-refractivity contribution in [2.75, 3.05) is 11.9 Å². The molecule has 3 heteroatoms. The van der Waals surface area contributed by atoms with E-state index in [9.17, 15) is 0 Å². The highest BCUT2D eigenvalue weighted by molar-refractivity contribution is 5.26. The minimum Gasteiger partial charge on any atom is -0.356 e. The Morgan fingerprint density at radius 1 is 1.60 bits per heavy atom. The van der Waals surface area contributed by atoms with Gasteiger partial charge in [0.25, 0.3) is 0 Å². The number of imidazole rings is 1. The molecule has 2 rings (SSSR count). The van der Waals surface area contributed by atoms with Gasteiger partial charge in [-0.25, -0.2) is 4.98 Å². The summed E-state index contributed by atoms with van der Waals surface area (Å²) in [6.07, 6.45) is 7.86. The molecule has 1 aliphatic rings. The van der Waals surface area contributed by atoms with Crippen molar-refractivity contribution in [3.8, 4) is 0 Å². The van der Waals surface area contributed by atoms with E-state index in [1.54, 1.807) is 0 Å². The van der Waals surface area contributed by atoms with Crippen LogP contribution in [0.2, 0.25) is 0 Å². The Bertz CT molecular complexity index is 327. The second kappa shape index (κ2) is 3.87. The van der Waals surface area contributed by atoms with Gasteiger partial charge in [-0.1, -0.05) is 13.8 Å². The van der Waals surface area contributed by atoms with Gasteiger partial charge in [0.15, 0.2) is 0 Å². The lowest BCUT2D eigenvalue weighted by Crippen LogP contribution is -2.12. The van der Waals surface area contributed by atoms with E-state index >= 15 is 0 Å². The lowest BCUT2D eigenvalue weighted by Gasteiger charge is -2.19. The molecule has 0 aromatic carbocycles. The largest absolute Gasteiger partial charge is 0.356 e. The standard InChI is InChI=1S/C12H21N3/c1-4-13-11-14-7-8-15(11)10-5-6-12(2,3)9-10/h7-8,10H,4-6,9H2,1-3H3,(H,13,14). The maximum absolute atomic E-state index is 4.35. The van der Waals surface area contributed by atoms with Crippen molar-refractivity contribution in [2.45, 2.75) is 46.1 Å². The van der Waals surface area contributed by atoms with Crippen molar-refractivity contribution >= 4 is 5.95 Å². The van der Waals surface area contributed by atoms with Crippen LogP contribution < -0.4 is 5.32 Å². The van der Waals surface area contributed by atoms with E-state index in [1.165, 1.54) is 19.3 Å². The van der Waals surface area contributed by atoms with Crippen molar-refractivity contribution in [3.63, 3.8) is 0 Å². The first-order valence-electron chi connectivity index (χ1n) is 5.89. The lowest BCUT2D eigenvalue weighted by molar-refractivity contribution is 0.359. The summed E-state index contributed by atoms with van der Waals surface area (Å²) in [6, 6.07) is 0.636. The summed E-state index contributed by atoms with van der Waals surface area (Å²) < 4.78 is 2.30. The molecule has 1 saturated carbocycles. The Morgan fingerprint density at radius 3 is 3.00 bits per heavy atom. The highest BCUT2D eigenvalue weighted by Crippen LogP contribution is 2.44. The highest BCUT2D eigenvalue weighted by atomic mass is 15.2. The van der Waals surface area contributed by atoms with Crippen LogP contribution in [-0.2, 0) is 0 Å². The van der Waals surface area contributed by atoms with E-state index in [1.807, 2.05) is 6.20 Å². The molecule has 0 saturated heterocycles. The van der Waals surface area contributed by atoms with Crippen molar-refractivity contribution < 1.29 is 0 Å². The molecule has 1 fully saturated rings. The van der Waals surface area contributed by atoms with Gasteiger partial charge in [-0.2, -0.15) is 0 Å². The number of rotatable bonds is 3. The summed E-state index contributed by atoms with van der Waals surface area (Å²) in [4.78, 5) is 4.35. The fourth-order valence-electron chi connectivity index (χ4n) is 2.54. The van der Waals surface area contributed by atoms with Crippen molar-refractivity contribution in [2.24, 2.45) is 5.41 Å². The Labute approximate surface area is 91.9 Å². The maximum Gasteiger partial charge on any atom is 0.203 e. The molecular formula is C12H21N3. The number of hydrogen-bond acceptors (Lipinski definition) is 2. The smallest absolute Gasteiger partial charge is 0.203 e. The third kappa shape index (κ3) is 2.16. The Morgan fingerprint density at radius 2 is 2.40 bits per heavy atom. The molecular weight excluding hydrogens is 186 g/mol. The zero-order chi connectivity index (χ0) is 10.9. The van der Waals surface area contributed by atoms with Crippen LogP contribution in [0, 0.1) is 5.41 Å². The molecule has 1 aromatic heterocycles. The number of hydrogen-bond donors (Lipinski definition) is 1. The minimum absolute atomic E-state index is 0.498. The molecule has 1 unspecified atom stereocenters. The third-order valence-electron chi connectivity index (χ3n) is 3.34. The van der Waals surface area contributed by atoms with Crippen LogP contribution in [0.3, 0.4) is 0 Å². The molecule has 1 aromatic rings. The van der Waals surface area contributed by atoms with Crippen LogP contribution in [0.1, 0.15) is 46.1 Å². The fraction of sp³-hybridized carbons (Fsp3) is 0.750. The van der Waals surface area contributed by atoms with Crippen LogP contribution in [0.15, 0.2) is 12.4 Å². The van der Waals surface area contributed by atoms with E-state index in [0.717, 1.165) is 12.5 Å². The van der Waals surface area contributed by atoms with Crippen LogP contribution in [0.5, 0.6) is 0 Å². The van der Waals surface area contributed by atoms with Crippen LogP contribution in [0.25, 0.3) is 0 Å². The predicted octanol–water partition coefficient (Wildman–Crippen LogP) is 3.07. The maximum atomic E-state index is 4.35. The molecule has 0 spiro atoms. The average Bonchev–Trinajstić information content (AvgIpc) is 2.72. The molecule has 1 aliphatic carbocycles. The number of aromatic nitrogens is 2. The van der Waals surface area contributed by atoms with Gasteiger partial charge in [-0.3, -0.25) is 0 Å². The summed E-state index contributed by atoms with van der Waals surface area (Å²) in [7, 11) is 0. The summed E-state index contributed by atoms with van der Waals surface area (Å²) >= 11 is 0. The predicted molar refractivity (Wildman–Crippen MR) is 63.1 cm³/mol. The molecule has 0 aliphatic heterocycles. The number of nitrogens with zero attached hydrogens (tertiary/aromatic N) is 2. The Kier molecular flexibility index (Phi) is 2.72. The van der Waals surface area contributed by atoms with Gasteiger partial charge in [0.05, 0.1) is 0 Å². The SMILES string of the molecule is CCNc1nccn1C1CCC(C)(C)C1. The molecule has 15 heavy (non-hydrogen) atoms. The molecule has 0 bridgehead atoms. The molecule has 3 nitrogen and oxygen atoms in total. The van der Waals surface area contributed by atoms with Gasteiger partial charge < -0.3 is 9.88 Å². The topological polar surface area (TPSA) is 29.9 Å². The van der Waals surface area contributed by atoms with Gasteiger partial charge in [0, 0.05) is 25.0 Å². The summed E-state index contributed by atoms with van der Waals surface area (Å²) in [5, 5.41) is 3.31. The molecule has 1 heterocycles. The van der Waals surface area contributed by atoms with Crippen molar-refractivity contribution in [1.29, 1.82) is 0 Å². The zero-order valence-electron chi connectivity index (χ0n) is 9.95. The van der Waals surface area contributed by atoms with Gasteiger partial charge in [0.2, 0.25) is 5.95 Å². The molecule has 1 atom stereocenters. The molecule has 84 valence electrons. The van der Waals surface area contributed by atoms with Gasteiger partial charge >= 0.3 is 0 Å². The average molecular weight is 207 g/mol. The number of nitrogens with one attached hydrogen (secondary N) is 1. The Hall–Kier alpha value is -0.990. The normalized spacial score (nSPS) is 24.3. The van der Waals surface area contributed by atoms with Gasteiger partial charge in [0.1, 0.15) is 0 Å². The third-order valence-corrected chi connectivity index (χ3v) is 3.34. The first-order chi connectivity index (χ1) is 7.12. The first kappa shape index (κ1) is 10.5. The van der Waals surface area contributed by atoms with Crippen LogP contribution >= 0.6 is 0 Å². The first-order valence-corrected chi connectivity index (χ1v) is 5.89. The van der Waals surface area contributed by atoms with E-state index < -0.39 is 0 Å². The minimum atomic E-state index is 0.498. The zero-order valence-corrected chi connectivity index (χ0v) is 9.95. The van der Waals surface area contributed by atoms with E-state index in [-0.39, 0.29) is 0 Å². The quantitative estimate of drug-likeness (QED) is 0.825. The van der Waals surface area contributed by atoms with E-state index in [0.29, 0.717) is 11.5 Å². The summed E-state index contributed by atoms with van der Waals surface area (Å²) in [5.41, 5.74) is 0.498. The van der Waals surface area contributed by atoms with Crippen LogP contribution in [-0.4, -0.2) is 16.1 Å². The Balaban J connectivity index is 2.13. The number of anilines is 1. The fourth-order valence-corrected chi connectivity index (χ4v) is 2.54. The highest BCUT2D eigenvalue weighted by Gasteiger charge is 2.32. The molecule has 1 N–H and O–H groups in total. The lowest BCUT2D eigenvalue weighted by atomic mass is 9.92. The second-order valence-corrected chi connectivity index (χ2v) is 5.25. The van der Waals surface area contributed by atoms with E-state index in [2.05, 4.69) is 41.8 Å². The van der Waals surface area contributed by atoms with E-state index in [4.69, 9.17) is 0 Å². The van der Waals surface area contributed by atoms with Crippen LogP contribution in [0.4, 0.5) is 5.95 Å². The summed E-state index contributed by atoms with van der Waals surface area (Å²) in [5.74, 6) is 1.03. The second-order valence-electron chi connectivity index (χ2n) is 5.25. The monoisotopic (exact) mass is 207 g/mol. The van der Waals surface area contributed by atoms with Gasteiger partial charge in [-0.15, -0.1) is 0 Å². The van der Waals surface area contributed by atoms with Crippen molar-refractivity contribution in [1.82, 2.24) is 9.55 Å². The van der Waals surface area contributed by atoms with Gasteiger partial charge in [-0.05, 0) is 31.6 Å². The molecule has 0 amide bonds. The molecule has 0 radical (unpaired) electrons. The van der Waals surface area contributed by atoms with Crippen molar-refractivity contribution in [3.05, 3.63) is 12.4 Å².